The molecule has 1 aromatic heterocycles. The van der Waals surface area contributed by atoms with Crippen LogP contribution in [0.5, 0.6) is 0 Å². The minimum absolute atomic E-state index is 0.0235. The summed E-state index contributed by atoms with van der Waals surface area (Å²) in [5.74, 6) is -0.259. The van der Waals surface area contributed by atoms with E-state index in [2.05, 4.69) is 5.32 Å². The summed E-state index contributed by atoms with van der Waals surface area (Å²) in [7, 11) is -3.04. The van der Waals surface area contributed by atoms with Gasteiger partial charge in [0.15, 0.2) is 9.84 Å². The highest BCUT2D eigenvalue weighted by atomic mass is 32.2. The molecule has 1 aliphatic rings. The third-order valence-electron chi connectivity index (χ3n) is 4.14. The number of carbonyl (C=O) groups is 1. The molecule has 124 valence electrons. The second-order valence-corrected chi connectivity index (χ2v) is 8.00. The SMILES string of the molecule is CCn1c(=O)n(CC(=O)NC2CCS(=O)(=O)C2)c2ccccc21. The van der Waals surface area contributed by atoms with Gasteiger partial charge in [-0.25, -0.2) is 13.2 Å². The molecule has 7 nitrogen and oxygen atoms in total. The van der Waals surface area contributed by atoms with Gasteiger partial charge in [0.25, 0.3) is 0 Å². The molecule has 3 rings (SSSR count). The van der Waals surface area contributed by atoms with Gasteiger partial charge < -0.3 is 5.32 Å². The lowest BCUT2D eigenvalue weighted by Gasteiger charge is -2.11. The highest BCUT2D eigenvalue weighted by molar-refractivity contribution is 7.91. The number of hydrogen-bond acceptors (Lipinski definition) is 4. The number of fused-ring (bicyclic) bond motifs is 1. The van der Waals surface area contributed by atoms with E-state index < -0.39 is 9.84 Å². The molecule has 1 amide bonds. The molecule has 1 N–H and O–H groups in total. The van der Waals surface area contributed by atoms with Gasteiger partial charge in [-0.05, 0) is 25.5 Å². The van der Waals surface area contributed by atoms with E-state index in [0.29, 0.717) is 18.5 Å². The van der Waals surface area contributed by atoms with E-state index in [1.807, 2.05) is 25.1 Å². The van der Waals surface area contributed by atoms with Crippen molar-refractivity contribution in [2.24, 2.45) is 0 Å². The van der Waals surface area contributed by atoms with Crippen molar-refractivity contribution in [1.29, 1.82) is 0 Å². The van der Waals surface area contributed by atoms with Crippen LogP contribution in [0.4, 0.5) is 0 Å². The Morgan fingerprint density at radius 1 is 1.26 bits per heavy atom. The van der Waals surface area contributed by atoms with Crippen LogP contribution in [0.15, 0.2) is 29.1 Å². The predicted octanol–water partition coefficient (Wildman–Crippen LogP) is 0.126. The molecule has 0 aliphatic carbocycles. The summed E-state index contributed by atoms with van der Waals surface area (Å²) in [4.78, 5) is 24.6. The van der Waals surface area contributed by atoms with Crippen molar-refractivity contribution in [1.82, 2.24) is 14.5 Å². The number of aryl methyl sites for hydroxylation is 1. The van der Waals surface area contributed by atoms with Crippen molar-refractivity contribution < 1.29 is 13.2 Å². The molecule has 1 unspecified atom stereocenters. The maximum Gasteiger partial charge on any atom is 0.329 e. The van der Waals surface area contributed by atoms with Gasteiger partial charge in [0, 0.05) is 12.6 Å². The fraction of sp³-hybridized carbons (Fsp3) is 0.467. The standard InChI is InChI=1S/C15H19N3O4S/c1-2-17-12-5-3-4-6-13(12)18(15(17)20)9-14(19)16-11-7-8-23(21,22)10-11/h3-6,11H,2,7-10H2,1H3,(H,16,19). The minimum Gasteiger partial charge on any atom is -0.351 e. The van der Waals surface area contributed by atoms with Crippen LogP contribution < -0.4 is 11.0 Å². The Balaban J connectivity index is 1.83. The Hall–Kier alpha value is -2.09. The topological polar surface area (TPSA) is 90.2 Å². The van der Waals surface area contributed by atoms with Crippen molar-refractivity contribution in [3.05, 3.63) is 34.7 Å². The number of sulfone groups is 1. The van der Waals surface area contributed by atoms with Crippen molar-refractivity contribution >= 4 is 26.8 Å². The van der Waals surface area contributed by atoms with E-state index in [0.717, 1.165) is 5.52 Å². The average molecular weight is 337 g/mol. The van der Waals surface area contributed by atoms with Gasteiger partial charge in [-0.15, -0.1) is 0 Å². The van der Waals surface area contributed by atoms with Crippen LogP contribution in [-0.4, -0.2) is 41.0 Å². The summed E-state index contributed by atoms with van der Waals surface area (Å²) in [6.07, 6.45) is 0.430. The Bertz CT molecular complexity index is 910. The van der Waals surface area contributed by atoms with Crippen molar-refractivity contribution in [3.63, 3.8) is 0 Å². The number of benzene rings is 1. The summed E-state index contributed by atoms with van der Waals surface area (Å²) < 4.78 is 25.9. The lowest BCUT2D eigenvalue weighted by atomic mass is 10.2. The number of carbonyl (C=O) groups excluding carboxylic acids is 1. The molecular weight excluding hydrogens is 318 g/mol. The van der Waals surface area contributed by atoms with Crippen LogP contribution >= 0.6 is 0 Å². The summed E-state index contributed by atoms with van der Waals surface area (Å²) in [5.41, 5.74) is 1.26. The number of rotatable bonds is 4. The first-order valence-electron chi connectivity index (χ1n) is 7.59. The minimum atomic E-state index is -3.04. The molecule has 0 bridgehead atoms. The molecule has 1 saturated heterocycles. The van der Waals surface area contributed by atoms with Gasteiger partial charge in [0.1, 0.15) is 6.54 Å². The second kappa shape index (κ2) is 5.84. The Morgan fingerprint density at radius 3 is 2.48 bits per heavy atom. The highest BCUT2D eigenvalue weighted by Crippen LogP contribution is 2.13. The lowest BCUT2D eigenvalue weighted by molar-refractivity contribution is -0.122. The number of amides is 1. The zero-order valence-corrected chi connectivity index (χ0v) is 13.7. The number of hydrogen-bond donors (Lipinski definition) is 1. The van der Waals surface area contributed by atoms with Gasteiger partial charge in [0.05, 0.1) is 22.5 Å². The molecule has 23 heavy (non-hydrogen) atoms. The van der Waals surface area contributed by atoms with E-state index in [-0.39, 0.29) is 35.7 Å². The predicted molar refractivity (Wildman–Crippen MR) is 87.1 cm³/mol. The quantitative estimate of drug-likeness (QED) is 0.858. The van der Waals surface area contributed by atoms with Crippen LogP contribution in [0.3, 0.4) is 0 Å². The van der Waals surface area contributed by atoms with Crippen molar-refractivity contribution in [3.8, 4) is 0 Å². The molecule has 2 heterocycles. The van der Waals surface area contributed by atoms with Crippen molar-refractivity contribution in [2.75, 3.05) is 11.5 Å². The molecule has 8 heteroatoms. The van der Waals surface area contributed by atoms with Gasteiger partial charge >= 0.3 is 5.69 Å². The highest BCUT2D eigenvalue weighted by Gasteiger charge is 2.29. The van der Waals surface area contributed by atoms with Crippen LogP contribution in [0, 0.1) is 0 Å². The third-order valence-corrected chi connectivity index (χ3v) is 5.91. The molecule has 0 radical (unpaired) electrons. The summed E-state index contributed by atoms with van der Waals surface area (Å²) in [5, 5.41) is 2.72. The van der Waals surface area contributed by atoms with Gasteiger partial charge in [-0.2, -0.15) is 0 Å². The second-order valence-electron chi connectivity index (χ2n) is 5.77. The fourth-order valence-corrected chi connectivity index (χ4v) is 4.73. The normalized spacial score (nSPS) is 20.0. The van der Waals surface area contributed by atoms with E-state index in [1.165, 1.54) is 4.57 Å². The molecular formula is C15H19N3O4S. The Morgan fingerprint density at radius 2 is 1.91 bits per heavy atom. The smallest absolute Gasteiger partial charge is 0.329 e. The van der Waals surface area contributed by atoms with Gasteiger partial charge in [-0.1, -0.05) is 12.1 Å². The van der Waals surface area contributed by atoms with Crippen LogP contribution in [0.2, 0.25) is 0 Å². The number of imidazole rings is 1. The first kappa shape index (κ1) is 15.8. The van der Waals surface area contributed by atoms with Crippen LogP contribution in [-0.2, 0) is 27.7 Å². The average Bonchev–Trinajstić information content (AvgIpc) is 2.97. The van der Waals surface area contributed by atoms with Crippen molar-refractivity contribution in [2.45, 2.75) is 32.5 Å². The molecule has 0 saturated carbocycles. The maximum atomic E-state index is 12.4. The van der Waals surface area contributed by atoms with E-state index in [4.69, 9.17) is 0 Å². The molecule has 1 aromatic carbocycles. The number of aromatic nitrogens is 2. The van der Waals surface area contributed by atoms with E-state index >= 15 is 0 Å². The number of nitrogens with one attached hydrogen (secondary N) is 1. The van der Waals surface area contributed by atoms with Gasteiger partial charge in [0.2, 0.25) is 5.91 Å². The largest absolute Gasteiger partial charge is 0.351 e. The zero-order valence-electron chi connectivity index (χ0n) is 12.9. The summed E-state index contributed by atoms with van der Waals surface area (Å²) in [6.45, 7) is 2.29. The maximum absolute atomic E-state index is 12.4. The first-order valence-corrected chi connectivity index (χ1v) is 9.41. The molecule has 1 fully saturated rings. The summed E-state index contributed by atoms with van der Waals surface area (Å²) in [6, 6.07) is 6.96. The van der Waals surface area contributed by atoms with Crippen LogP contribution in [0.25, 0.3) is 11.0 Å². The third kappa shape index (κ3) is 3.03. The lowest BCUT2D eigenvalue weighted by Crippen LogP contribution is -2.39. The number of para-hydroxylation sites is 2. The molecule has 0 spiro atoms. The Kier molecular flexibility index (Phi) is 4.01. The zero-order chi connectivity index (χ0) is 16.6. The first-order chi connectivity index (χ1) is 10.9. The van der Waals surface area contributed by atoms with E-state index in [9.17, 15) is 18.0 Å². The van der Waals surface area contributed by atoms with Crippen LogP contribution in [0.1, 0.15) is 13.3 Å². The van der Waals surface area contributed by atoms with Gasteiger partial charge in [-0.3, -0.25) is 13.9 Å². The summed E-state index contributed by atoms with van der Waals surface area (Å²) >= 11 is 0. The van der Waals surface area contributed by atoms with E-state index in [1.54, 1.807) is 10.6 Å². The molecule has 1 atom stereocenters. The fourth-order valence-electron chi connectivity index (χ4n) is 3.06. The molecule has 2 aromatic rings. The molecule has 1 aliphatic heterocycles. The monoisotopic (exact) mass is 337 g/mol. The Labute approximate surface area is 133 Å². The number of nitrogens with zero attached hydrogens (tertiary/aromatic N) is 2.